The van der Waals surface area contributed by atoms with Gasteiger partial charge in [0.15, 0.2) is 11.6 Å². The molecule has 2 aromatic carbocycles. The molecule has 5 rings (SSSR count). The van der Waals surface area contributed by atoms with E-state index in [0.29, 0.717) is 17.0 Å². The molecule has 1 aliphatic rings. The molecular weight excluding hydrogens is 509 g/mol. The van der Waals surface area contributed by atoms with Crippen LogP contribution in [0, 0.1) is 12.7 Å². The first-order valence-corrected chi connectivity index (χ1v) is 13.7. The highest BCUT2D eigenvalue weighted by Crippen LogP contribution is 2.32. The second kappa shape index (κ2) is 10.5. The Morgan fingerprint density at radius 1 is 1.11 bits per heavy atom. The molecule has 1 aliphatic heterocycles. The van der Waals surface area contributed by atoms with E-state index in [9.17, 15) is 17.6 Å². The van der Waals surface area contributed by atoms with Crippen molar-refractivity contribution in [1.29, 1.82) is 0 Å². The molecule has 11 heteroatoms. The van der Waals surface area contributed by atoms with Crippen molar-refractivity contribution in [3.63, 3.8) is 0 Å². The number of amides is 1. The van der Waals surface area contributed by atoms with Crippen LogP contribution in [0.1, 0.15) is 11.1 Å². The second-order valence-corrected chi connectivity index (χ2v) is 11.2. The zero-order chi connectivity index (χ0) is 26.9. The second-order valence-electron chi connectivity index (χ2n) is 9.22. The third-order valence-corrected chi connectivity index (χ3v) is 8.57. The van der Waals surface area contributed by atoms with Gasteiger partial charge >= 0.3 is 0 Å². The average molecular weight is 538 g/mol. The number of carbonyl (C=O) groups excluding carboxylic acids is 1. The van der Waals surface area contributed by atoms with Gasteiger partial charge in [-0.3, -0.25) is 4.79 Å². The Morgan fingerprint density at radius 2 is 1.84 bits per heavy atom. The Morgan fingerprint density at radius 3 is 2.55 bits per heavy atom. The number of nitrogens with one attached hydrogen (secondary N) is 1. The van der Waals surface area contributed by atoms with Gasteiger partial charge in [0, 0.05) is 38.6 Å². The first-order valence-electron chi connectivity index (χ1n) is 12.2. The molecule has 1 fully saturated rings. The summed E-state index contributed by atoms with van der Waals surface area (Å²) in [5.41, 5.74) is 8.32. The number of pyridine rings is 1. The van der Waals surface area contributed by atoms with Crippen LogP contribution in [0.3, 0.4) is 0 Å². The summed E-state index contributed by atoms with van der Waals surface area (Å²) in [6.07, 6.45) is 3.53. The van der Waals surface area contributed by atoms with E-state index in [2.05, 4.69) is 9.97 Å². The van der Waals surface area contributed by atoms with E-state index in [1.165, 1.54) is 16.4 Å². The fourth-order valence-corrected chi connectivity index (χ4v) is 6.05. The smallest absolute Gasteiger partial charge is 0.243 e. The quantitative estimate of drug-likeness (QED) is 0.373. The highest BCUT2D eigenvalue weighted by Gasteiger charge is 2.31. The molecule has 0 spiro atoms. The number of nitrogens with zero attached hydrogens (tertiary/aromatic N) is 3. The largest absolute Gasteiger partial charge is 0.453 e. The predicted molar refractivity (Wildman–Crippen MR) is 141 cm³/mol. The number of hydrogen-bond donors (Lipinski definition) is 2. The van der Waals surface area contributed by atoms with Gasteiger partial charge in [0.1, 0.15) is 11.4 Å². The number of aromatic nitrogens is 2. The number of fused-ring (bicyclic) bond motifs is 1. The summed E-state index contributed by atoms with van der Waals surface area (Å²) >= 11 is 0. The molecule has 0 saturated carbocycles. The number of ether oxygens (including phenoxy) is 1. The van der Waals surface area contributed by atoms with E-state index in [1.54, 1.807) is 53.6 Å². The van der Waals surface area contributed by atoms with E-state index in [1.807, 2.05) is 13.1 Å². The Hall–Kier alpha value is -3.80. The lowest BCUT2D eigenvalue weighted by atomic mass is 10.0. The SMILES string of the molecule is Cc1c[nH]c2nccc(Oc3ccc(CC(N)C(=O)N4CCN(S(=O)(=O)c5ccccc5)CC4)cc3F)c12. The van der Waals surface area contributed by atoms with Gasteiger partial charge < -0.3 is 20.4 Å². The van der Waals surface area contributed by atoms with Crippen molar-refractivity contribution >= 4 is 27.0 Å². The van der Waals surface area contributed by atoms with E-state index >= 15 is 0 Å². The first-order chi connectivity index (χ1) is 18.2. The lowest BCUT2D eigenvalue weighted by Gasteiger charge is -2.35. The third kappa shape index (κ3) is 5.13. The molecule has 9 nitrogen and oxygen atoms in total. The Bertz CT molecular complexity index is 1570. The van der Waals surface area contributed by atoms with Crippen molar-refractivity contribution in [2.24, 2.45) is 5.73 Å². The number of halogens is 1. The summed E-state index contributed by atoms with van der Waals surface area (Å²) in [5, 5.41) is 0.778. The van der Waals surface area contributed by atoms with Gasteiger partial charge in [-0.05, 0) is 54.8 Å². The van der Waals surface area contributed by atoms with Gasteiger partial charge in [0.2, 0.25) is 15.9 Å². The lowest BCUT2D eigenvalue weighted by Crippen LogP contribution is -2.54. The van der Waals surface area contributed by atoms with Gasteiger partial charge in [-0.15, -0.1) is 0 Å². The number of piperazine rings is 1. The van der Waals surface area contributed by atoms with E-state index in [-0.39, 0.29) is 49.2 Å². The number of H-pyrrole nitrogens is 1. The minimum atomic E-state index is -3.62. The average Bonchev–Trinajstić information content (AvgIpc) is 3.32. The summed E-state index contributed by atoms with van der Waals surface area (Å²) in [5.74, 6) is -0.331. The van der Waals surface area contributed by atoms with Gasteiger partial charge in [-0.1, -0.05) is 24.3 Å². The number of nitrogens with two attached hydrogens (primary N) is 1. The molecule has 1 atom stereocenters. The fraction of sp³-hybridized carbons (Fsp3) is 0.259. The standard InChI is InChI=1S/C27H28FN5O4S/c1-18-17-31-26-25(18)24(9-10-30-26)37-23-8-7-19(15-21(23)28)16-22(29)27(34)32-11-13-33(14-12-32)38(35,36)20-5-3-2-4-6-20/h2-10,15,17,22H,11-14,16,29H2,1H3,(H,30,31). The minimum absolute atomic E-state index is 0.0532. The molecule has 1 saturated heterocycles. The van der Waals surface area contributed by atoms with E-state index < -0.39 is 21.9 Å². The Labute approximate surface area is 220 Å². The number of aryl methyl sites for hydroxylation is 1. The van der Waals surface area contributed by atoms with Crippen molar-refractivity contribution < 1.29 is 22.3 Å². The molecule has 1 amide bonds. The van der Waals surface area contributed by atoms with Crippen LogP contribution in [0.5, 0.6) is 11.5 Å². The minimum Gasteiger partial charge on any atom is -0.453 e. The van der Waals surface area contributed by atoms with Crippen LogP contribution < -0.4 is 10.5 Å². The molecule has 4 aromatic rings. The highest BCUT2D eigenvalue weighted by molar-refractivity contribution is 7.89. The van der Waals surface area contributed by atoms with Crippen LogP contribution in [0.4, 0.5) is 4.39 Å². The van der Waals surface area contributed by atoms with Crippen molar-refractivity contribution in [3.8, 4) is 11.5 Å². The van der Waals surface area contributed by atoms with Crippen molar-refractivity contribution in [3.05, 3.63) is 83.9 Å². The normalized spacial score (nSPS) is 15.5. The highest BCUT2D eigenvalue weighted by atomic mass is 32.2. The molecule has 198 valence electrons. The number of rotatable bonds is 7. The molecule has 38 heavy (non-hydrogen) atoms. The van der Waals surface area contributed by atoms with Gasteiger partial charge in [-0.25, -0.2) is 17.8 Å². The maximum absolute atomic E-state index is 14.9. The molecule has 0 aliphatic carbocycles. The molecule has 0 bridgehead atoms. The van der Waals surface area contributed by atoms with Crippen LogP contribution in [-0.2, 0) is 21.2 Å². The van der Waals surface area contributed by atoms with Crippen LogP contribution in [0.2, 0.25) is 0 Å². The fourth-order valence-electron chi connectivity index (χ4n) is 4.61. The van der Waals surface area contributed by atoms with E-state index in [0.717, 1.165) is 10.9 Å². The monoisotopic (exact) mass is 537 g/mol. The van der Waals surface area contributed by atoms with Crippen molar-refractivity contribution in [2.45, 2.75) is 24.3 Å². The van der Waals surface area contributed by atoms with Crippen LogP contribution in [0.25, 0.3) is 11.0 Å². The lowest BCUT2D eigenvalue weighted by molar-refractivity contribution is -0.133. The first kappa shape index (κ1) is 25.8. The van der Waals surface area contributed by atoms with Crippen molar-refractivity contribution in [1.82, 2.24) is 19.2 Å². The van der Waals surface area contributed by atoms with Gasteiger partial charge in [-0.2, -0.15) is 4.31 Å². The van der Waals surface area contributed by atoms with Crippen molar-refractivity contribution in [2.75, 3.05) is 26.2 Å². The van der Waals surface area contributed by atoms with Gasteiger partial charge in [0.25, 0.3) is 0 Å². The van der Waals surface area contributed by atoms with E-state index in [4.69, 9.17) is 10.5 Å². The summed E-state index contributed by atoms with van der Waals surface area (Å²) in [7, 11) is -3.62. The van der Waals surface area contributed by atoms with Crippen LogP contribution in [0.15, 0.2) is 71.9 Å². The topological polar surface area (TPSA) is 122 Å². The number of hydrogen-bond acceptors (Lipinski definition) is 6. The maximum Gasteiger partial charge on any atom is 0.243 e. The number of benzene rings is 2. The number of carbonyl (C=O) groups is 1. The number of sulfonamides is 1. The Kier molecular flexibility index (Phi) is 7.15. The summed E-state index contributed by atoms with van der Waals surface area (Å²) < 4.78 is 47.8. The molecule has 2 aromatic heterocycles. The summed E-state index contributed by atoms with van der Waals surface area (Å²) in [6, 6.07) is 13.5. The summed E-state index contributed by atoms with van der Waals surface area (Å²) in [4.78, 5) is 22.0. The molecular formula is C27H28FN5O4S. The molecule has 0 radical (unpaired) electrons. The zero-order valence-corrected chi connectivity index (χ0v) is 21.6. The molecule has 1 unspecified atom stereocenters. The summed E-state index contributed by atoms with van der Waals surface area (Å²) in [6.45, 7) is 2.74. The Balaban J connectivity index is 1.20. The van der Waals surface area contributed by atoms with Crippen LogP contribution in [-0.4, -0.2) is 65.7 Å². The molecule has 3 N–H and O–H groups in total. The zero-order valence-electron chi connectivity index (χ0n) is 20.8. The number of aromatic amines is 1. The molecule has 3 heterocycles. The maximum atomic E-state index is 14.9. The third-order valence-electron chi connectivity index (χ3n) is 6.65. The predicted octanol–water partition coefficient (Wildman–Crippen LogP) is 3.21. The van der Waals surface area contributed by atoms with Gasteiger partial charge in [0.05, 0.1) is 16.3 Å². The van der Waals surface area contributed by atoms with Crippen LogP contribution >= 0.6 is 0 Å².